The number of hydrogen-bond donors (Lipinski definition) is 0. The minimum absolute atomic E-state index is 0.150. The number of thiazole rings is 1. The number of para-hydroxylation sites is 1. The molecule has 2 aromatic carbocycles. The number of hydrogen-bond acceptors (Lipinski definition) is 6. The average Bonchev–Trinajstić information content (AvgIpc) is 3.19. The number of nitrogens with zero attached hydrogens (tertiary/aromatic N) is 3. The van der Waals surface area contributed by atoms with E-state index in [2.05, 4.69) is 9.88 Å². The van der Waals surface area contributed by atoms with E-state index in [1.807, 2.05) is 0 Å². The molecule has 0 aliphatic carbocycles. The smallest absolute Gasteiger partial charge is 0.266 e. The third-order valence-electron chi connectivity index (χ3n) is 4.81. The molecule has 6 nitrogen and oxygen atoms in total. The van der Waals surface area contributed by atoms with Gasteiger partial charge in [0.25, 0.3) is 5.91 Å². The first-order chi connectivity index (χ1) is 14.6. The summed E-state index contributed by atoms with van der Waals surface area (Å²) in [6, 6.07) is 11.6. The summed E-state index contributed by atoms with van der Waals surface area (Å²) in [4.78, 5) is 21.2. The Morgan fingerprint density at radius 3 is 2.73 bits per heavy atom. The van der Waals surface area contributed by atoms with Gasteiger partial charge >= 0.3 is 0 Å². The van der Waals surface area contributed by atoms with Gasteiger partial charge in [-0.25, -0.2) is 9.37 Å². The molecule has 1 aliphatic rings. The molecular formula is C21H21ClFN3O3S. The number of rotatable bonds is 7. The Morgan fingerprint density at radius 2 is 2.00 bits per heavy atom. The van der Waals surface area contributed by atoms with Crippen LogP contribution in [0.4, 0.5) is 9.52 Å². The van der Waals surface area contributed by atoms with Gasteiger partial charge in [0.05, 0.1) is 17.9 Å². The van der Waals surface area contributed by atoms with Crippen LogP contribution in [-0.2, 0) is 9.53 Å². The van der Waals surface area contributed by atoms with E-state index in [1.165, 1.54) is 17.4 Å². The van der Waals surface area contributed by atoms with Crippen LogP contribution in [0.2, 0.25) is 5.02 Å². The third-order valence-corrected chi connectivity index (χ3v) is 6.11. The molecule has 0 N–H and O–H groups in total. The molecule has 0 unspecified atom stereocenters. The molecule has 9 heteroatoms. The zero-order valence-electron chi connectivity index (χ0n) is 16.2. The van der Waals surface area contributed by atoms with Crippen LogP contribution in [0.1, 0.15) is 0 Å². The lowest BCUT2D eigenvalue weighted by molar-refractivity contribution is -0.120. The normalized spacial score (nSPS) is 14.7. The number of aromatic nitrogens is 1. The molecule has 4 rings (SSSR count). The summed E-state index contributed by atoms with van der Waals surface area (Å²) in [5, 5.41) is 1.06. The Labute approximate surface area is 182 Å². The largest absolute Gasteiger partial charge is 0.484 e. The van der Waals surface area contributed by atoms with Crippen molar-refractivity contribution in [3.8, 4) is 5.75 Å². The number of carbonyl (C=O) groups is 1. The highest BCUT2D eigenvalue weighted by molar-refractivity contribution is 7.22. The van der Waals surface area contributed by atoms with Crippen molar-refractivity contribution in [1.82, 2.24) is 9.88 Å². The van der Waals surface area contributed by atoms with Gasteiger partial charge in [0.2, 0.25) is 0 Å². The Balaban J connectivity index is 1.51. The van der Waals surface area contributed by atoms with Gasteiger partial charge in [0, 0.05) is 31.2 Å². The lowest BCUT2D eigenvalue weighted by Crippen LogP contribution is -2.44. The van der Waals surface area contributed by atoms with Crippen molar-refractivity contribution in [1.29, 1.82) is 0 Å². The predicted octanol–water partition coefficient (Wildman–Crippen LogP) is 3.83. The van der Waals surface area contributed by atoms with Crippen molar-refractivity contribution in [2.75, 3.05) is 50.9 Å². The van der Waals surface area contributed by atoms with Gasteiger partial charge in [-0.1, -0.05) is 29.0 Å². The SMILES string of the molecule is O=C(COc1ccc(Cl)cc1)N(CCN1CCOCC1)c1nc2c(F)cccc2s1. The molecule has 1 saturated heterocycles. The average molecular weight is 450 g/mol. The number of amides is 1. The van der Waals surface area contributed by atoms with E-state index in [0.29, 0.717) is 46.9 Å². The van der Waals surface area contributed by atoms with E-state index in [4.69, 9.17) is 21.1 Å². The molecule has 3 aromatic rings. The first-order valence-electron chi connectivity index (χ1n) is 9.64. The quantitative estimate of drug-likeness (QED) is 0.548. The van der Waals surface area contributed by atoms with Crippen molar-refractivity contribution in [3.63, 3.8) is 0 Å². The fraction of sp³-hybridized carbons (Fsp3) is 0.333. The topological polar surface area (TPSA) is 54.9 Å². The van der Waals surface area contributed by atoms with Crippen molar-refractivity contribution in [2.24, 2.45) is 0 Å². The van der Waals surface area contributed by atoms with Gasteiger partial charge in [0.15, 0.2) is 11.7 Å². The number of benzene rings is 2. The van der Waals surface area contributed by atoms with E-state index in [-0.39, 0.29) is 18.0 Å². The van der Waals surface area contributed by atoms with Gasteiger partial charge in [-0.15, -0.1) is 0 Å². The standard InChI is InChI=1S/C21H21ClFN3O3S/c22-15-4-6-16(7-5-15)29-14-19(27)26(9-8-25-10-12-28-13-11-25)21-24-20-17(23)2-1-3-18(20)30-21/h1-7H,8-14H2. The Hall–Kier alpha value is -2.26. The molecule has 0 radical (unpaired) electrons. The molecule has 2 heterocycles. The number of ether oxygens (including phenoxy) is 2. The van der Waals surface area contributed by atoms with E-state index in [9.17, 15) is 9.18 Å². The number of fused-ring (bicyclic) bond motifs is 1. The summed E-state index contributed by atoms with van der Waals surface area (Å²) >= 11 is 7.19. The van der Waals surface area contributed by atoms with Crippen LogP contribution in [-0.4, -0.2) is 61.8 Å². The second-order valence-corrected chi connectivity index (χ2v) is 8.27. The second kappa shape index (κ2) is 9.70. The van der Waals surface area contributed by atoms with Gasteiger partial charge in [-0.05, 0) is 36.4 Å². The molecule has 1 aromatic heterocycles. The zero-order chi connectivity index (χ0) is 20.9. The van der Waals surface area contributed by atoms with Crippen LogP contribution in [0.25, 0.3) is 10.2 Å². The molecule has 1 amide bonds. The van der Waals surface area contributed by atoms with Gasteiger partial charge < -0.3 is 9.47 Å². The molecular weight excluding hydrogens is 429 g/mol. The zero-order valence-corrected chi connectivity index (χ0v) is 17.8. The highest BCUT2D eigenvalue weighted by atomic mass is 35.5. The van der Waals surface area contributed by atoms with Crippen molar-refractivity contribution >= 4 is 44.2 Å². The fourth-order valence-corrected chi connectivity index (χ4v) is 4.32. The summed E-state index contributed by atoms with van der Waals surface area (Å²) in [7, 11) is 0. The molecule has 1 fully saturated rings. The van der Waals surface area contributed by atoms with Gasteiger partial charge in [-0.3, -0.25) is 14.6 Å². The third kappa shape index (κ3) is 5.07. The van der Waals surface area contributed by atoms with Crippen molar-refractivity contribution in [3.05, 3.63) is 53.3 Å². The van der Waals surface area contributed by atoms with E-state index < -0.39 is 5.82 Å². The highest BCUT2D eigenvalue weighted by Crippen LogP contribution is 2.30. The van der Waals surface area contributed by atoms with Crippen molar-refractivity contribution in [2.45, 2.75) is 0 Å². The number of halogens is 2. The van der Waals surface area contributed by atoms with Crippen LogP contribution in [0.15, 0.2) is 42.5 Å². The van der Waals surface area contributed by atoms with E-state index in [0.717, 1.165) is 13.1 Å². The maximum atomic E-state index is 14.1. The summed E-state index contributed by atoms with van der Waals surface area (Å²) in [6.07, 6.45) is 0. The molecule has 30 heavy (non-hydrogen) atoms. The first kappa shape index (κ1) is 21.0. The Morgan fingerprint density at radius 1 is 1.23 bits per heavy atom. The molecule has 158 valence electrons. The highest BCUT2D eigenvalue weighted by Gasteiger charge is 2.22. The first-order valence-corrected chi connectivity index (χ1v) is 10.8. The number of morpholine rings is 1. The van der Waals surface area contributed by atoms with Gasteiger partial charge in [0.1, 0.15) is 17.1 Å². The maximum absolute atomic E-state index is 14.1. The molecule has 1 aliphatic heterocycles. The second-order valence-electron chi connectivity index (χ2n) is 6.83. The molecule has 0 spiro atoms. The van der Waals surface area contributed by atoms with Crippen LogP contribution < -0.4 is 9.64 Å². The fourth-order valence-electron chi connectivity index (χ4n) is 3.17. The Kier molecular flexibility index (Phi) is 6.79. The minimum Gasteiger partial charge on any atom is -0.484 e. The number of anilines is 1. The maximum Gasteiger partial charge on any atom is 0.266 e. The van der Waals surface area contributed by atoms with Crippen LogP contribution in [0, 0.1) is 5.82 Å². The Bertz CT molecular complexity index is 1010. The van der Waals surface area contributed by atoms with E-state index in [1.54, 1.807) is 41.3 Å². The number of carbonyl (C=O) groups excluding carboxylic acids is 1. The van der Waals surface area contributed by atoms with Crippen molar-refractivity contribution < 1.29 is 18.7 Å². The van der Waals surface area contributed by atoms with Crippen LogP contribution in [0.5, 0.6) is 5.75 Å². The van der Waals surface area contributed by atoms with Gasteiger partial charge in [-0.2, -0.15) is 0 Å². The molecule has 0 atom stereocenters. The lowest BCUT2D eigenvalue weighted by Gasteiger charge is -2.29. The summed E-state index contributed by atoms with van der Waals surface area (Å²) in [6.45, 7) is 3.96. The van der Waals surface area contributed by atoms with E-state index >= 15 is 0 Å². The van der Waals surface area contributed by atoms with Crippen LogP contribution in [0.3, 0.4) is 0 Å². The lowest BCUT2D eigenvalue weighted by atomic mass is 10.3. The molecule has 0 bridgehead atoms. The summed E-state index contributed by atoms with van der Waals surface area (Å²) in [5.41, 5.74) is 0.278. The summed E-state index contributed by atoms with van der Waals surface area (Å²) < 4.78 is 25.8. The summed E-state index contributed by atoms with van der Waals surface area (Å²) in [5.74, 6) is -0.0816. The monoisotopic (exact) mass is 449 g/mol. The minimum atomic E-state index is -0.395. The molecule has 0 saturated carbocycles. The van der Waals surface area contributed by atoms with Crippen LogP contribution >= 0.6 is 22.9 Å². The predicted molar refractivity (Wildman–Crippen MR) is 116 cm³/mol.